The van der Waals surface area contributed by atoms with Crippen LogP contribution in [0.3, 0.4) is 0 Å². The first-order chi connectivity index (χ1) is 5.22. The second-order valence-electron chi connectivity index (χ2n) is 2.37. The fraction of sp³-hybridized carbons (Fsp3) is 0.571. The third-order valence-electron chi connectivity index (χ3n) is 1.38. The van der Waals surface area contributed by atoms with Gasteiger partial charge in [-0.2, -0.15) is 0 Å². The van der Waals surface area contributed by atoms with Crippen molar-refractivity contribution in [3.63, 3.8) is 0 Å². The van der Waals surface area contributed by atoms with Crippen molar-refractivity contribution in [2.24, 2.45) is 0 Å². The maximum atomic E-state index is 5.54. The molecule has 0 fully saturated rings. The highest BCUT2D eigenvalue weighted by atomic mass is 32.2. The van der Waals surface area contributed by atoms with Crippen LogP contribution in [0.15, 0.2) is 10.5 Å². The zero-order valence-corrected chi connectivity index (χ0v) is 8.34. The molecule has 2 nitrogen and oxygen atoms in total. The summed E-state index contributed by atoms with van der Waals surface area (Å²) in [6, 6.07) is 0. The van der Waals surface area contributed by atoms with E-state index >= 15 is 0 Å². The summed E-state index contributed by atoms with van der Waals surface area (Å²) in [4.78, 5) is 4.16. The lowest BCUT2D eigenvalue weighted by Gasteiger charge is -2.02. The van der Waals surface area contributed by atoms with Crippen LogP contribution >= 0.6 is 23.1 Å². The zero-order valence-electron chi connectivity index (χ0n) is 6.70. The summed E-state index contributed by atoms with van der Waals surface area (Å²) in [5.74, 6) is 0. The molecule has 0 bridgehead atoms. The summed E-state index contributed by atoms with van der Waals surface area (Å²) < 4.78 is 1.08. The van der Waals surface area contributed by atoms with Crippen molar-refractivity contribution >= 4 is 28.1 Å². The Kier molecular flexibility index (Phi) is 3.20. The van der Waals surface area contributed by atoms with E-state index in [1.807, 2.05) is 0 Å². The van der Waals surface area contributed by atoms with E-state index < -0.39 is 0 Å². The monoisotopic (exact) mass is 188 g/mol. The molecule has 1 atom stereocenters. The number of nitrogens with two attached hydrogens (primary N) is 1. The molecule has 0 radical (unpaired) electrons. The molecule has 0 aliphatic heterocycles. The largest absolute Gasteiger partial charge is 0.389 e. The van der Waals surface area contributed by atoms with Crippen LogP contribution in [-0.2, 0) is 0 Å². The highest BCUT2D eigenvalue weighted by Gasteiger charge is 2.04. The minimum atomic E-state index is 0.639. The van der Waals surface area contributed by atoms with E-state index in [9.17, 15) is 0 Å². The highest BCUT2D eigenvalue weighted by molar-refractivity contribution is 8.01. The third kappa shape index (κ3) is 2.71. The molecule has 4 heteroatoms. The van der Waals surface area contributed by atoms with E-state index in [2.05, 4.69) is 18.8 Å². The van der Waals surface area contributed by atoms with Gasteiger partial charge in [-0.3, -0.25) is 0 Å². The Labute approximate surface area is 75.2 Å². The van der Waals surface area contributed by atoms with E-state index in [0.717, 1.165) is 9.34 Å². The van der Waals surface area contributed by atoms with Gasteiger partial charge in [0.2, 0.25) is 0 Å². The number of thioether (sulfide) groups is 1. The minimum Gasteiger partial charge on any atom is -0.389 e. The van der Waals surface area contributed by atoms with E-state index in [4.69, 9.17) is 5.73 Å². The van der Waals surface area contributed by atoms with Gasteiger partial charge in [0.15, 0.2) is 4.34 Å². The van der Waals surface area contributed by atoms with Crippen LogP contribution in [0.1, 0.15) is 20.3 Å². The van der Waals surface area contributed by atoms with Gasteiger partial charge in [0, 0.05) is 5.25 Å². The van der Waals surface area contributed by atoms with Crippen LogP contribution in [0, 0.1) is 0 Å². The summed E-state index contributed by atoms with van der Waals surface area (Å²) in [6.07, 6.45) is 2.89. The number of nitrogen functional groups attached to an aromatic ring is 1. The number of rotatable bonds is 3. The average molecular weight is 188 g/mol. The molecular formula is C7H12N2S2. The molecule has 0 aromatic carbocycles. The van der Waals surface area contributed by atoms with Gasteiger partial charge >= 0.3 is 0 Å². The van der Waals surface area contributed by atoms with E-state index in [1.54, 1.807) is 29.3 Å². The Morgan fingerprint density at radius 3 is 3.00 bits per heavy atom. The molecule has 1 aromatic heterocycles. The normalized spacial score (nSPS) is 13.3. The molecule has 0 aliphatic rings. The van der Waals surface area contributed by atoms with Crippen molar-refractivity contribution in [2.45, 2.75) is 29.9 Å². The fourth-order valence-corrected chi connectivity index (χ4v) is 2.59. The van der Waals surface area contributed by atoms with Gasteiger partial charge in [0.1, 0.15) is 5.00 Å². The summed E-state index contributed by atoms with van der Waals surface area (Å²) in [5, 5.41) is 1.44. The Balaban J connectivity index is 2.50. The molecule has 0 saturated carbocycles. The summed E-state index contributed by atoms with van der Waals surface area (Å²) in [5.41, 5.74) is 5.54. The topological polar surface area (TPSA) is 38.9 Å². The van der Waals surface area contributed by atoms with Crippen molar-refractivity contribution in [3.8, 4) is 0 Å². The van der Waals surface area contributed by atoms with Gasteiger partial charge in [-0.05, 0) is 6.42 Å². The molecule has 62 valence electrons. The molecule has 0 aliphatic carbocycles. The quantitative estimate of drug-likeness (QED) is 0.741. The Morgan fingerprint density at radius 2 is 2.55 bits per heavy atom. The van der Waals surface area contributed by atoms with Gasteiger partial charge in [0.25, 0.3) is 0 Å². The standard InChI is InChI=1S/C7H12N2S2/c1-3-5(2)10-7-9-4-6(8)11-7/h4-5H,3,8H2,1-2H3. The fourth-order valence-electron chi connectivity index (χ4n) is 0.580. The first-order valence-corrected chi connectivity index (χ1v) is 5.30. The highest BCUT2D eigenvalue weighted by Crippen LogP contribution is 2.29. The second kappa shape index (κ2) is 3.97. The smallest absolute Gasteiger partial charge is 0.152 e. The molecular weight excluding hydrogens is 176 g/mol. The number of hydrogen-bond acceptors (Lipinski definition) is 4. The Morgan fingerprint density at radius 1 is 1.82 bits per heavy atom. The maximum Gasteiger partial charge on any atom is 0.152 e. The molecule has 1 heterocycles. The number of nitrogens with zero attached hydrogens (tertiary/aromatic N) is 1. The first-order valence-electron chi connectivity index (χ1n) is 3.60. The average Bonchev–Trinajstić information content (AvgIpc) is 2.35. The van der Waals surface area contributed by atoms with Crippen LogP contribution in [0.5, 0.6) is 0 Å². The van der Waals surface area contributed by atoms with E-state index in [1.165, 1.54) is 6.42 Å². The lowest BCUT2D eigenvalue weighted by atomic mass is 10.4. The molecule has 1 unspecified atom stereocenters. The molecule has 2 N–H and O–H groups in total. The molecule has 0 amide bonds. The van der Waals surface area contributed by atoms with Crippen LogP contribution in [0.4, 0.5) is 5.00 Å². The second-order valence-corrected chi connectivity index (χ2v) is 5.11. The van der Waals surface area contributed by atoms with Crippen molar-refractivity contribution in [3.05, 3.63) is 6.20 Å². The summed E-state index contributed by atoms with van der Waals surface area (Å²) in [7, 11) is 0. The molecule has 1 aromatic rings. The molecule has 1 rings (SSSR count). The Bertz CT molecular complexity index is 222. The SMILES string of the molecule is CCC(C)Sc1ncc(N)s1. The van der Waals surface area contributed by atoms with Crippen LogP contribution in [0.2, 0.25) is 0 Å². The summed E-state index contributed by atoms with van der Waals surface area (Å²) >= 11 is 3.35. The van der Waals surface area contributed by atoms with Crippen LogP contribution in [0.25, 0.3) is 0 Å². The first kappa shape index (κ1) is 8.87. The summed E-state index contributed by atoms with van der Waals surface area (Å²) in [6.45, 7) is 4.37. The predicted molar refractivity (Wildman–Crippen MR) is 52.1 cm³/mol. The lowest BCUT2D eigenvalue weighted by Crippen LogP contribution is -1.90. The van der Waals surface area contributed by atoms with Crippen LogP contribution < -0.4 is 5.73 Å². The molecule has 0 saturated heterocycles. The van der Waals surface area contributed by atoms with Crippen molar-refractivity contribution in [2.75, 3.05) is 5.73 Å². The van der Waals surface area contributed by atoms with Crippen molar-refractivity contribution < 1.29 is 0 Å². The van der Waals surface area contributed by atoms with Gasteiger partial charge in [0.05, 0.1) is 6.20 Å². The number of hydrogen-bond donors (Lipinski definition) is 1. The van der Waals surface area contributed by atoms with E-state index in [-0.39, 0.29) is 0 Å². The molecule has 11 heavy (non-hydrogen) atoms. The van der Waals surface area contributed by atoms with Gasteiger partial charge < -0.3 is 5.73 Å². The number of aromatic nitrogens is 1. The number of anilines is 1. The van der Waals surface area contributed by atoms with Crippen LogP contribution in [-0.4, -0.2) is 10.2 Å². The maximum absolute atomic E-state index is 5.54. The van der Waals surface area contributed by atoms with Gasteiger partial charge in [-0.1, -0.05) is 36.9 Å². The van der Waals surface area contributed by atoms with Crippen molar-refractivity contribution in [1.82, 2.24) is 4.98 Å². The van der Waals surface area contributed by atoms with Crippen molar-refractivity contribution in [1.29, 1.82) is 0 Å². The third-order valence-corrected chi connectivity index (χ3v) is 3.58. The zero-order chi connectivity index (χ0) is 8.27. The van der Waals surface area contributed by atoms with E-state index in [0.29, 0.717) is 5.25 Å². The van der Waals surface area contributed by atoms with Gasteiger partial charge in [-0.25, -0.2) is 4.98 Å². The predicted octanol–water partition coefficient (Wildman–Crippen LogP) is 2.62. The Hall–Kier alpha value is -0.220. The number of thiazole rings is 1. The van der Waals surface area contributed by atoms with Gasteiger partial charge in [-0.15, -0.1) is 0 Å². The minimum absolute atomic E-state index is 0.639. The lowest BCUT2D eigenvalue weighted by molar-refractivity contribution is 0.904. The molecule has 0 spiro atoms.